The van der Waals surface area contributed by atoms with Gasteiger partial charge < -0.3 is 10.6 Å². The highest BCUT2D eigenvalue weighted by atomic mass is 32.1. The zero-order valence-electron chi connectivity index (χ0n) is 13.8. The van der Waals surface area contributed by atoms with Crippen LogP contribution < -0.4 is 5.73 Å². The lowest BCUT2D eigenvalue weighted by Gasteiger charge is -2.30. The molecule has 122 valence electrons. The average Bonchev–Trinajstić information content (AvgIpc) is 2.94. The molecule has 1 rings (SSSR count). The van der Waals surface area contributed by atoms with Crippen molar-refractivity contribution < 1.29 is 4.79 Å². The third-order valence-corrected chi connectivity index (χ3v) is 4.50. The van der Waals surface area contributed by atoms with Gasteiger partial charge in [0.25, 0.3) is 0 Å². The Balaban J connectivity index is 2.49. The van der Waals surface area contributed by atoms with Crippen LogP contribution in [-0.2, 0) is 4.79 Å². The first-order chi connectivity index (χ1) is 9.90. The molecule has 0 aliphatic heterocycles. The van der Waals surface area contributed by atoms with E-state index in [-0.39, 0.29) is 5.91 Å². The molecule has 0 radical (unpaired) electrons. The van der Waals surface area contributed by atoms with Crippen molar-refractivity contribution in [3.8, 4) is 0 Å². The van der Waals surface area contributed by atoms with E-state index in [1.54, 1.807) is 4.90 Å². The van der Waals surface area contributed by atoms with Gasteiger partial charge in [0.2, 0.25) is 5.91 Å². The first kappa shape index (κ1) is 18.4. The van der Waals surface area contributed by atoms with Gasteiger partial charge in [0, 0.05) is 26.1 Å². The Morgan fingerprint density at radius 1 is 1.29 bits per heavy atom. The minimum Gasteiger partial charge on any atom is -0.393 e. The highest BCUT2D eigenvalue weighted by Crippen LogP contribution is 2.24. The molecule has 0 bridgehead atoms. The summed E-state index contributed by atoms with van der Waals surface area (Å²) in [6.45, 7) is 6.66. The molecule has 1 aliphatic rings. The number of rotatable bonds is 9. The lowest BCUT2D eigenvalue weighted by Crippen LogP contribution is -2.44. The fourth-order valence-electron chi connectivity index (χ4n) is 2.78. The second-order valence-electron chi connectivity index (χ2n) is 6.62. The molecule has 1 amide bonds. The number of nitrogens with two attached hydrogens (primary N) is 1. The van der Waals surface area contributed by atoms with Crippen LogP contribution in [0.4, 0.5) is 0 Å². The molecule has 1 aliphatic carbocycles. The number of hydrogen-bond acceptors (Lipinski definition) is 3. The Kier molecular flexibility index (Phi) is 8.19. The smallest absolute Gasteiger partial charge is 0.236 e. The molecule has 0 aromatic heterocycles. The number of carbonyl (C=O) groups is 1. The molecule has 0 heterocycles. The summed E-state index contributed by atoms with van der Waals surface area (Å²) in [4.78, 5) is 17.0. The molecule has 0 unspecified atom stereocenters. The first-order valence-electron chi connectivity index (χ1n) is 8.16. The van der Waals surface area contributed by atoms with Gasteiger partial charge in [0.05, 0.1) is 11.5 Å². The van der Waals surface area contributed by atoms with Gasteiger partial charge in [-0.1, -0.05) is 38.9 Å². The van der Waals surface area contributed by atoms with Crippen LogP contribution in [-0.4, -0.2) is 53.4 Å². The number of carbonyl (C=O) groups excluding carboxylic acids is 1. The van der Waals surface area contributed by atoms with Gasteiger partial charge >= 0.3 is 0 Å². The zero-order valence-corrected chi connectivity index (χ0v) is 14.6. The van der Waals surface area contributed by atoms with Crippen molar-refractivity contribution in [2.75, 3.05) is 26.7 Å². The minimum atomic E-state index is 0.182. The summed E-state index contributed by atoms with van der Waals surface area (Å²) in [6.07, 6.45) is 6.83. The monoisotopic (exact) mass is 313 g/mol. The number of likely N-dealkylation sites (N-methyl/N-ethyl adjacent to an activating group) is 1. The van der Waals surface area contributed by atoms with Crippen molar-refractivity contribution in [1.82, 2.24) is 9.80 Å². The minimum absolute atomic E-state index is 0.182. The molecule has 1 saturated carbocycles. The van der Waals surface area contributed by atoms with Gasteiger partial charge in [-0.25, -0.2) is 0 Å². The van der Waals surface area contributed by atoms with Crippen LogP contribution in [0, 0.1) is 5.92 Å². The van der Waals surface area contributed by atoms with E-state index in [0.717, 1.165) is 13.0 Å². The van der Waals surface area contributed by atoms with Crippen LogP contribution in [0.5, 0.6) is 0 Å². The number of nitrogens with zero attached hydrogens (tertiary/aromatic N) is 2. The van der Waals surface area contributed by atoms with Crippen molar-refractivity contribution in [3.63, 3.8) is 0 Å². The fraction of sp³-hybridized carbons (Fsp3) is 0.875. The summed E-state index contributed by atoms with van der Waals surface area (Å²) in [5, 5.41) is 0. The van der Waals surface area contributed by atoms with Crippen LogP contribution in [0.15, 0.2) is 0 Å². The van der Waals surface area contributed by atoms with E-state index in [0.29, 0.717) is 36.5 Å². The molecule has 0 aromatic carbocycles. The van der Waals surface area contributed by atoms with E-state index in [1.807, 2.05) is 7.05 Å². The Bertz CT molecular complexity index is 340. The summed E-state index contributed by atoms with van der Waals surface area (Å²) in [5.74, 6) is 0.859. The Morgan fingerprint density at radius 2 is 1.90 bits per heavy atom. The van der Waals surface area contributed by atoms with Crippen molar-refractivity contribution in [2.24, 2.45) is 11.7 Å². The van der Waals surface area contributed by atoms with Gasteiger partial charge in [0.1, 0.15) is 0 Å². The molecule has 0 atom stereocenters. The third-order valence-electron chi connectivity index (χ3n) is 4.29. The van der Waals surface area contributed by atoms with E-state index in [1.165, 1.54) is 25.7 Å². The zero-order chi connectivity index (χ0) is 15.8. The Hall–Kier alpha value is -0.680. The summed E-state index contributed by atoms with van der Waals surface area (Å²) >= 11 is 4.88. The summed E-state index contributed by atoms with van der Waals surface area (Å²) in [5.41, 5.74) is 5.51. The highest BCUT2D eigenvalue weighted by Gasteiger charge is 2.25. The average molecular weight is 314 g/mol. The van der Waals surface area contributed by atoms with Crippen LogP contribution in [0.1, 0.15) is 52.4 Å². The maximum absolute atomic E-state index is 12.4. The van der Waals surface area contributed by atoms with Gasteiger partial charge in [0.15, 0.2) is 0 Å². The summed E-state index contributed by atoms with van der Waals surface area (Å²) in [6, 6.07) is 0.594. The molecular weight excluding hydrogens is 282 g/mol. The molecule has 21 heavy (non-hydrogen) atoms. The third kappa shape index (κ3) is 7.23. The SMILES string of the molecule is CC(C)CCN(CC(=O)N(C)CCC(N)=S)C1CCCC1. The predicted octanol–water partition coefficient (Wildman–Crippen LogP) is 2.41. The van der Waals surface area contributed by atoms with Crippen LogP contribution in [0.25, 0.3) is 0 Å². The van der Waals surface area contributed by atoms with Gasteiger partial charge in [-0.3, -0.25) is 9.69 Å². The van der Waals surface area contributed by atoms with Crippen LogP contribution in [0.2, 0.25) is 0 Å². The normalized spacial score (nSPS) is 15.9. The Labute approximate surface area is 135 Å². The number of hydrogen-bond donors (Lipinski definition) is 1. The summed E-state index contributed by atoms with van der Waals surface area (Å²) in [7, 11) is 1.84. The van der Waals surface area contributed by atoms with E-state index in [2.05, 4.69) is 18.7 Å². The second-order valence-corrected chi connectivity index (χ2v) is 7.15. The molecule has 5 heteroatoms. The van der Waals surface area contributed by atoms with Crippen LogP contribution in [0.3, 0.4) is 0 Å². The van der Waals surface area contributed by atoms with E-state index in [4.69, 9.17) is 18.0 Å². The quantitative estimate of drug-likeness (QED) is 0.664. The molecule has 0 spiro atoms. The lowest BCUT2D eigenvalue weighted by atomic mass is 10.1. The van der Waals surface area contributed by atoms with Gasteiger partial charge in [-0.15, -0.1) is 0 Å². The Morgan fingerprint density at radius 3 is 2.43 bits per heavy atom. The molecule has 2 N–H and O–H groups in total. The predicted molar refractivity (Wildman–Crippen MR) is 92.3 cm³/mol. The van der Waals surface area contributed by atoms with Crippen LogP contribution >= 0.6 is 12.2 Å². The molecule has 0 saturated heterocycles. The van der Waals surface area contributed by atoms with Crippen molar-refractivity contribution in [3.05, 3.63) is 0 Å². The van der Waals surface area contributed by atoms with Crippen molar-refractivity contribution in [2.45, 2.75) is 58.4 Å². The largest absolute Gasteiger partial charge is 0.393 e. The van der Waals surface area contributed by atoms with Gasteiger partial charge in [-0.05, 0) is 31.7 Å². The number of amides is 1. The van der Waals surface area contributed by atoms with Gasteiger partial charge in [-0.2, -0.15) is 0 Å². The van der Waals surface area contributed by atoms with Crippen molar-refractivity contribution >= 4 is 23.1 Å². The van der Waals surface area contributed by atoms with E-state index in [9.17, 15) is 4.79 Å². The standard InChI is InChI=1S/C16H31N3OS/c1-13(2)8-11-19(14-6-4-5-7-14)12-16(20)18(3)10-9-15(17)21/h13-14H,4-12H2,1-3H3,(H2,17,21). The van der Waals surface area contributed by atoms with E-state index < -0.39 is 0 Å². The second kappa shape index (κ2) is 9.36. The highest BCUT2D eigenvalue weighted by molar-refractivity contribution is 7.80. The number of thiocarbonyl (C=S) groups is 1. The van der Waals surface area contributed by atoms with E-state index >= 15 is 0 Å². The molecule has 1 fully saturated rings. The fourth-order valence-corrected chi connectivity index (χ4v) is 2.87. The molecular formula is C16H31N3OS. The molecule has 4 nitrogen and oxygen atoms in total. The maximum atomic E-state index is 12.4. The first-order valence-corrected chi connectivity index (χ1v) is 8.57. The lowest BCUT2D eigenvalue weighted by molar-refractivity contribution is -0.131. The topological polar surface area (TPSA) is 49.6 Å². The maximum Gasteiger partial charge on any atom is 0.236 e. The van der Waals surface area contributed by atoms with Crippen molar-refractivity contribution in [1.29, 1.82) is 0 Å². The summed E-state index contributed by atoms with van der Waals surface area (Å²) < 4.78 is 0. The molecule has 0 aromatic rings.